The molecular formula is C17H19N3O3. The van der Waals surface area contributed by atoms with E-state index in [0.29, 0.717) is 25.5 Å². The zero-order valence-corrected chi connectivity index (χ0v) is 13.2. The second-order valence-electron chi connectivity index (χ2n) is 5.30. The van der Waals surface area contributed by atoms with Gasteiger partial charge in [0, 0.05) is 20.7 Å². The molecule has 0 radical (unpaired) electrons. The lowest BCUT2D eigenvalue weighted by Crippen LogP contribution is -2.27. The van der Waals surface area contributed by atoms with Gasteiger partial charge in [-0.1, -0.05) is 12.1 Å². The molecule has 120 valence electrons. The van der Waals surface area contributed by atoms with E-state index < -0.39 is 0 Å². The number of carbonyl (C=O) groups excluding carboxylic acids is 1. The highest BCUT2D eigenvalue weighted by atomic mass is 16.5. The molecule has 0 aliphatic carbocycles. The maximum absolute atomic E-state index is 12.3. The van der Waals surface area contributed by atoms with Crippen LogP contribution in [0.4, 0.5) is 0 Å². The summed E-state index contributed by atoms with van der Waals surface area (Å²) >= 11 is 0. The molecule has 0 atom stereocenters. The van der Waals surface area contributed by atoms with Crippen LogP contribution in [0, 0.1) is 0 Å². The summed E-state index contributed by atoms with van der Waals surface area (Å²) in [7, 11) is 3.41. The lowest BCUT2D eigenvalue weighted by molar-refractivity contribution is 0.0748. The first-order chi connectivity index (χ1) is 11.2. The predicted molar refractivity (Wildman–Crippen MR) is 86.1 cm³/mol. The van der Waals surface area contributed by atoms with E-state index in [9.17, 15) is 4.79 Å². The van der Waals surface area contributed by atoms with Gasteiger partial charge in [-0.05, 0) is 24.3 Å². The molecule has 3 aromatic rings. The summed E-state index contributed by atoms with van der Waals surface area (Å²) in [5, 5.41) is 0. The molecule has 0 saturated carbocycles. The standard InChI is InChI=1S/C17H19N3O3/c1-19(17(21)15-8-5-10-23-15)12-16-18-13-6-3-4-7-14(13)20(16)9-11-22-2/h3-8,10H,9,11-12H2,1-2H3. The van der Waals surface area contributed by atoms with Gasteiger partial charge in [0.2, 0.25) is 0 Å². The molecule has 0 aliphatic heterocycles. The molecule has 1 aromatic carbocycles. The lowest BCUT2D eigenvalue weighted by Gasteiger charge is -2.16. The van der Waals surface area contributed by atoms with E-state index in [1.165, 1.54) is 6.26 Å². The number of ether oxygens (including phenoxy) is 1. The minimum atomic E-state index is -0.166. The van der Waals surface area contributed by atoms with Gasteiger partial charge in [0.05, 0.1) is 30.4 Å². The van der Waals surface area contributed by atoms with Crippen molar-refractivity contribution >= 4 is 16.9 Å². The molecule has 0 saturated heterocycles. The minimum Gasteiger partial charge on any atom is -0.459 e. The Bertz CT molecular complexity index is 793. The van der Waals surface area contributed by atoms with Gasteiger partial charge in [-0.25, -0.2) is 4.98 Å². The van der Waals surface area contributed by atoms with Gasteiger partial charge in [-0.3, -0.25) is 4.79 Å². The molecule has 1 amide bonds. The number of aromatic nitrogens is 2. The maximum Gasteiger partial charge on any atom is 0.289 e. The topological polar surface area (TPSA) is 60.5 Å². The quantitative estimate of drug-likeness (QED) is 0.701. The molecule has 23 heavy (non-hydrogen) atoms. The third kappa shape index (κ3) is 3.12. The van der Waals surface area contributed by atoms with Gasteiger partial charge < -0.3 is 18.6 Å². The average Bonchev–Trinajstić information content (AvgIpc) is 3.20. The van der Waals surface area contributed by atoms with Crippen LogP contribution in [0.1, 0.15) is 16.4 Å². The first kappa shape index (κ1) is 15.3. The van der Waals surface area contributed by atoms with E-state index in [-0.39, 0.29) is 5.91 Å². The summed E-state index contributed by atoms with van der Waals surface area (Å²) in [4.78, 5) is 18.6. The van der Waals surface area contributed by atoms with E-state index in [1.807, 2.05) is 24.3 Å². The Morgan fingerprint density at radius 3 is 2.87 bits per heavy atom. The van der Waals surface area contributed by atoms with Crippen LogP contribution in [0.5, 0.6) is 0 Å². The molecule has 2 aromatic heterocycles. The smallest absolute Gasteiger partial charge is 0.289 e. The van der Waals surface area contributed by atoms with Gasteiger partial charge in [0.1, 0.15) is 5.82 Å². The third-order valence-electron chi connectivity index (χ3n) is 3.71. The number of benzene rings is 1. The second-order valence-corrected chi connectivity index (χ2v) is 5.30. The van der Waals surface area contributed by atoms with Crippen LogP contribution in [-0.4, -0.2) is 41.1 Å². The van der Waals surface area contributed by atoms with Crippen LogP contribution < -0.4 is 0 Å². The van der Waals surface area contributed by atoms with Crippen LogP contribution in [0.3, 0.4) is 0 Å². The Kier molecular flexibility index (Phi) is 4.43. The number of methoxy groups -OCH3 is 1. The number of imidazole rings is 1. The Hall–Kier alpha value is -2.60. The number of carbonyl (C=O) groups is 1. The summed E-state index contributed by atoms with van der Waals surface area (Å²) < 4.78 is 12.4. The third-order valence-corrected chi connectivity index (χ3v) is 3.71. The van der Waals surface area contributed by atoms with Gasteiger partial charge in [0.15, 0.2) is 5.76 Å². The maximum atomic E-state index is 12.3. The molecular weight excluding hydrogens is 294 g/mol. The summed E-state index contributed by atoms with van der Waals surface area (Å²) in [6, 6.07) is 11.3. The van der Waals surface area contributed by atoms with Crippen molar-refractivity contribution in [2.24, 2.45) is 0 Å². The van der Waals surface area contributed by atoms with Crippen molar-refractivity contribution in [2.75, 3.05) is 20.8 Å². The number of amides is 1. The van der Waals surface area contributed by atoms with Crippen LogP contribution in [-0.2, 0) is 17.8 Å². The molecule has 6 nitrogen and oxygen atoms in total. The lowest BCUT2D eigenvalue weighted by atomic mass is 10.3. The van der Waals surface area contributed by atoms with Crippen molar-refractivity contribution in [3.8, 4) is 0 Å². The molecule has 0 aliphatic rings. The van der Waals surface area contributed by atoms with E-state index >= 15 is 0 Å². The van der Waals surface area contributed by atoms with Crippen LogP contribution in [0.15, 0.2) is 47.1 Å². The molecule has 0 fully saturated rings. The number of fused-ring (bicyclic) bond motifs is 1. The van der Waals surface area contributed by atoms with Gasteiger partial charge in [0.25, 0.3) is 5.91 Å². The van der Waals surface area contributed by atoms with Gasteiger partial charge in [-0.2, -0.15) is 0 Å². The monoisotopic (exact) mass is 313 g/mol. The summed E-state index contributed by atoms with van der Waals surface area (Å²) in [6.07, 6.45) is 1.49. The van der Waals surface area contributed by atoms with Crippen LogP contribution >= 0.6 is 0 Å². The Labute approximate surface area is 134 Å². The largest absolute Gasteiger partial charge is 0.459 e. The van der Waals surface area contributed by atoms with Gasteiger partial charge >= 0.3 is 0 Å². The zero-order valence-electron chi connectivity index (χ0n) is 13.2. The van der Waals surface area contributed by atoms with Crippen molar-refractivity contribution in [3.05, 3.63) is 54.2 Å². The average molecular weight is 313 g/mol. The molecule has 2 heterocycles. The number of para-hydroxylation sites is 2. The minimum absolute atomic E-state index is 0.166. The zero-order chi connectivity index (χ0) is 16.2. The molecule has 0 spiro atoms. The van der Waals surface area contributed by atoms with Gasteiger partial charge in [-0.15, -0.1) is 0 Å². The van der Waals surface area contributed by atoms with Crippen LogP contribution in [0.2, 0.25) is 0 Å². The van der Waals surface area contributed by atoms with E-state index in [4.69, 9.17) is 9.15 Å². The molecule has 0 N–H and O–H groups in total. The highest BCUT2D eigenvalue weighted by Crippen LogP contribution is 2.18. The second kappa shape index (κ2) is 6.66. The highest BCUT2D eigenvalue weighted by Gasteiger charge is 2.18. The molecule has 3 rings (SSSR count). The highest BCUT2D eigenvalue weighted by molar-refractivity contribution is 5.91. The van der Waals surface area contributed by atoms with E-state index in [0.717, 1.165) is 16.9 Å². The van der Waals surface area contributed by atoms with Crippen molar-refractivity contribution < 1.29 is 13.9 Å². The van der Waals surface area contributed by atoms with Crippen molar-refractivity contribution in [1.82, 2.24) is 14.5 Å². The molecule has 0 bridgehead atoms. The fourth-order valence-corrected chi connectivity index (χ4v) is 2.55. The summed E-state index contributed by atoms with van der Waals surface area (Å²) in [5.41, 5.74) is 1.95. The fraction of sp³-hybridized carbons (Fsp3) is 0.294. The van der Waals surface area contributed by atoms with E-state index in [2.05, 4.69) is 9.55 Å². The molecule has 0 unspecified atom stereocenters. The number of rotatable bonds is 6. The first-order valence-corrected chi connectivity index (χ1v) is 7.42. The van der Waals surface area contributed by atoms with Crippen molar-refractivity contribution in [2.45, 2.75) is 13.1 Å². The van der Waals surface area contributed by atoms with Crippen molar-refractivity contribution in [1.29, 1.82) is 0 Å². The van der Waals surface area contributed by atoms with E-state index in [1.54, 1.807) is 31.2 Å². The SMILES string of the molecule is COCCn1c(CN(C)C(=O)c2ccco2)nc2ccccc21. The number of furan rings is 1. The van der Waals surface area contributed by atoms with Crippen LogP contribution in [0.25, 0.3) is 11.0 Å². The number of hydrogen-bond donors (Lipinski definition) is 0. The first-order valence-electron chi connectivity index (χ1n) is 7.42. The Morgan fingerprint density at radius 1 is 1.30 bits per heavy atom. The summed E-state index contributed by atoms with van der Waals surface area (Å²) in [5.74, 6) is 0.984. The molecule has 6 heteroatoms. The predicted octanol–water partition coefficient (Wildman–Crippen LogP) is 2.55. The Balaban J connectivity index is 1.88. The van der Waals surface area contributed by atoms with Crippen molar-refractivity contribution in [3.63, 3.8) is 0 Å². The number of nitrogens with zero attached hydrogens (tertiary/aromatic N) is 3. The number of hydrogen-bond acceptors (Lipinski definition) is 4. The fourth-order valence-electron chi connectivity index (χ4n) is 2.55. The Morgan fingerprint density at radius 2 is 2.13 bits per heavy atom. The summed E-state index contributed by atoms with van der Waals surface area (Å²) in [6.45, 7) is 1.68. The normalized spacial score (nSPS) is 11.0.